The van der Waals surface area contributed by atoms with Crippen molar-refractivity contribution < 1.29 is 14.3 Å². The number of oxime groups is 1. The van der Waals surface area contributed by atoms with E-state index in [2.05, 4.69) is 5.16 Å². The fourth-order valence-electron chi connectivity index (χ4n) is 2.15. The fourth-order valence-corrected chi connectivity index (χ4v) is 2.15. The lowest BCUT2D eigenvalue weighted by Gasteiger charge is -2.13. The van der Waals surface area contributed by atoms with Crippen LogP contribution in [0, 0.1) is 18.3 Å². The molecule has 0 aliphatic carbocycles. The molecule has 0 saturated heterocycles. The topological polar surface area (TPSA) is 63.8 Å². The molecular weight excluding hydrogens is 292 g/mol. The van der Waals surface area contributed by atoms with E-state index in [1.165, 1.54) is 7.11 Å². The van der Waals surface area contributed by atoms with Crippen LogP contribution in [0.1, 0.15) is 16.7 Å². The van der Waals surface area contributed by atoms with Crippen molar-refractivity contribution in [3.63, 3.8) is 0 Å². The first-order valence-electron chi connectivity index (χ1n) is 7.06. The largest absolute Gasteiger partial charge is 0.493 e. The molecule has 0 aliphatic heterocycles. The highest BCUT2D eigenvalue weighted by Crippen LogP contribution is 2.28. The van der Waals surface area contributed by atoms with Crippen LogP contribution in [0.4, 0.5) is 0 Å². The second-order valence-electron chi connectivity index (χ2n) is 4.83. The molecule has 0 unspecified atom stereocenters. The van der Waals surface area contributed by atoms with E-state index in [1.807, 2.05) is 55.5 Å². The van der Waals surface area contributed by atoms with Crippen LogP contribution in [-0.4, -0.2) is 19.9 Å². The number of aryl methyl sites for hydroxylation is 1. The Balaban J connectivity index is 2.25. The molecule has 5 nitrogen and oxygen atoms in total. The lowest BCUT2D eigenvalue weighted by Crippen LogP contribution is -2.06. The van der Waals surface area contributed by atoms with Crippen LogP contribution in [0.3, 0.4) is 0 Å². The Hall–Kier alpha value is -3.00. The standard InChI is InChI=1S/C18H18N2O3/c1-13-8-9-17(18(10-13)21-2)23-12-14-6-4-5-7-15(14)16(11-19)20-22-3/h4-10H,12H2,1-3H3/b20-16-. The zero-order valence-corrected chi connectivity index (χ0v) is 13.4. The summed E-state index contributed by atoms with van der Waals surface area (Å²) in [5, 5.41) is 13.0. The molecule has 0 spiro atoms. The van der Waals surface area contributed by atoms with Crippen molar-refractivity contribution in [1.29, 1.82) is 5.26 Å². The minimum Gasteiger partial charge on any atom is -0.493 e. The smallest absolute Gasteiger partial charge is 0.187 e. The van der Waals surface area contributed by atoms with Crippen molar-refractivity contribution in [2.75, 3.05) is 14.2 Å². The molecule has 0 bridgehead atoms. The molecule has 23 heavy (non-hydrogen) atoms. The van der Waals surface area contributed by atoms with E-state index < -0.39 is 0 Å². The molecule has 118 valence electrons. The highest BCUT2D eigenvalue weighted by molar-refractivity contribution is 6.12. The molecule has 0 radical (unpaired) electrons. The van der Waals surface area contributed by atoms with Gasteiger partial charge in [0.1, 0.15) is 19.8 Å². The van der Waals surface area contributed by atoms with E-state index in [0.717, 1.165) is 11.1 Å². The van der Waals surface area contributed by atoms with Gasteiger partial charge < -0.3 is 14.3 Å². The Labute approximate surface area is 135 Å². The number of ether oxygens (including phenoxy) is 2. The fraction of sp³-hybridized carbons (Fsp3) is 0.222. The Morgan fingerprint density at radius 3 is 2.61 bits per heavy atom. The van der Waals surface area contributed by atoms with Gasteiger partial charge in [-0.1, -0.05) is 35.5 Å². The number of hydrogen-bond acceptors (Lipinski definition) is 5. The predicted octanol–water partition coefficient (Wildman–Crippen LogP) is 3.46. The molecular formula is C18H18N2O3. The van der Waals surface area contributed by atoms with Crippen LogP contribution in [0.25, 0.3) is 0 Å². The number of rotatable bonds is 6. The summed E-state index contributed by atoms with van der Waals surface area (Å²) < 4.78 is 11.2. The summed E-state index contributed by atoms with van der Waals surface area (Å²) in [5.41, 5.74) is 2.83. The maximum atomic E-state index is 9.21. The van der Waals surface area contributed by atoms with Gasteiger partial charge in [-0.25, -0.2) is 0 Å². The number of methoxy groups -OCH3 is 1. The molecule has 0 aliphatic rings. The summed E-state index contributed by atoms with van der Waals surface area (Å²) in [6, 6.07) is 15.2. The summed E-state index contributed by atoms with van der Waals surface area (Å²) >= 11 is 0. The number of benzene rings is 2. The number of nitrogens with zero attached hydrogens (tertiary/aromatic N) is 2. The average Bonchev–Trinajstić information content (AvgIpc) is 2.59. The Bertz CT molecular complexity index is 748. The Kier molecular flexibility index (Phi) is 5.59. The summed E-state index contributed by atoms with van der Waals surface area (Å²) in [5.74, 6) is 1.32. The third kappa shape index (κ3) is 4.01. The normalized spacial score (nSPS) is 10.8. The predicted molar refractivity (Wildman–Crippen MR) is 87.7 cm³/mol. The maximum absolute atomic E-state index is 9.21. The van der Waals surface area contributed by atoms with Gasteiger partial charge in [-0.3, -0.25) is 0 Å². The van der Waals surface area contributed by atoms with Gasteiger partial charge in [0.25, 0.3) is 0 Å². The summed E-state index contributed by atoms with van der Waals surface area (Å²) in [6.07, 6.45) is 0. The van der Waals surface area contributed by atoms with Gasteiger partial charge in [-0.05, 0) is 30.2 Å². The van der Waals surface area contributed by atoms with Gasteiger partial charge in [-0.2, -0.15) is 5.26 Å². The minimum absolute atomic E-state index is 0.211. The molecule has 0 heterocycles. The van der Waals surface area contributed by atoms with Gasteiger partial charge in [0.2, 0.25) is 0 Å². The zero-order chi connectivity index (χ0) is 16.7. The van der Waals surface area contributed by atoms with E-state index >= 15 is 0 Å². The first-order chi connectivity index (χ1) is 11.2. The summed E-state index contributed by atoms with van der Waals surface area (Å²) in [6.45, 7) is 2.28. The summed E-state index contributed by atoms with van der Waals surface area (Å²) in [4.78, 5) is 4.72. The summed E-state index contributed by atoms with van der Waals surface area (Å²) in [7, 11) is 3.02. The quantitative estimate of drug-likeness (QED) is 0.605. The maximum Gasteiger partial charge on any atom is 0.187 e. The molecule has 2 rings (SSSR count). The van der Waals surface area contributed by atoms with E-state index in [0.29, 0.717) is 23.7 Å². The van der Waals surface area contributed by atoms with Crippen molar-refractivity contribution in [3.8, 4) is 17.6 Å². The minimum atomic E-state index is 0.211. The Morgan fingerprint density at radius 2 is 1.91 bits per heavy atom. The van der Waals surface area contributed by atoms with Gasteiger partial charge in [-0.15, -0.1) is 0 Å². The Morgan fingerprint density at radius 1 is 1.13 bits per heavy atom. The average molecular weight is 310 g/mol. The van der Waals surface area contributed by atoms with Gasteiger partial charge >= 0.3 is 0 Å². The number of hydrogen-bond donors (Lipinski definition) is 0. The first kappa shape index (κ1) is 16.4. The molecule has 0 fully saturated rings. The SMILES string of the molecule is CO/N=C(/C#N)c1ccccc1COc1ccc(C)cc1OC. The van der Waals surface area contributed by atoms with E-state index in [1.54, 1.807) is 7.11 Å². The van der Waals surface area contributed by atoms with Crippen molar-refractivity contribution in [2.24, 2.45) is 5.16 Å². The second-order valence-corrected chi connectivity index (χ2v) is 4.83. The third-order valence-electron chi connectivity index (χ3n) is 3.26. The zero-order valence-electron chi connectivity index (χ0n) is 13.4. The first-order valence-corrected chi connectivity index (χ1v) is 7.06. The number of nitriles is 1. The molecule has 2 aromatic rings. The highest BCUT2D eigenvalue weighted by atomic mass is 16.6. The molecule has 0 amide bonds. The van der Waals surface area contributed by atoms with Crippen molar-refractivity contribution in [1.82, 2.24) is 0 Å². The van der Waals surface area contributed by atoms with Crippen LogP contribution in [0.2, 0.25) is 0 Å². The third-order valence-corrected chi connectivity index (χ3v) is 3.26. The molecule has 0 atom stereocenters. The van der Waals surface area contributed by atoms with E-state index in [4.69, 9.17) is 14.3 Å². The van der Waals surface area contributed by atoms with Crippen molar-refractivity contribution in [3.05, 3.63) is 59.2 Å². The van der Waals surface area contributed by atoms with Crippen LogP contribution >= 0.6 is 0 Å². The molecule has 0 aromatic heterocycles. The molecule has 0 N–H and O–H groups in total. The van der Waals surface area contributed by atoms with Gasteiger partial charge in [0.15, 0.2) is 17.2 Å². The lowest BCUT2D eigenvalue weighted by atomic mass is 10.0. The van der Waals surface area contributed by atoms with Gasteiger partial charge in [0.05, 0.1) is 7.11 Å². The van der Waals surface area contributed by atoms with Crippen molar-refractivity contribution >= 4 is 5.71 Å². The molecule has 0 saturated carbocycles. The molecule has 5 heteroatoms. The second kappa shape index (κ2) is 7.85. The highest BCUT2D eigenvalue weighted by Gasteiger charge is 2.11. The van der Waals surface area contributed by atoms with Crippen LogP contribution in [0.5, 0.6) is 11.5 Å². The van der Waals surface area contributed by atoms with Crippen LogP contribution in [0.15, 0.2) is 47.6 Å². The molecule has 2 aromatic carbocycles. The van der Waals surface area contributed by atoms with Crippen molar-refractivity contribution in [2.45, 2.75) is 13.5 Å². The van der Waals surface area contributed by atoms with E-state index in [-0.39, 0.29) is 5.71 Å². The van der Waals surface area contributed by atoms with Crippen LogP contribution < -0.4 is 9.47 Å². The van der Waals surface area contributed by atoms with Gasteiger partial charge in [0, 0.05) is 5.56 Å². The monoisotopic (exact) mass is 310 g/mol. The lowest BCUT2D eigenvalue weighted by molar-refractivity contribution is 0.214. The van der Waals surface area contributed by atoms with Crippen LogP contribution in [-0.2, 0) is 11.4 Å². The van der Waals surface area contributed by atoms with E-state index in [9.17, 15) is 5.26 Å².